The van der Waals surface area contributed by atoms with E-state index in [-0.39, 0.29) is 5.78 Å². The highest BCUT2D eigenvalue weighted by molar-refractivity contribution is 8.00. The predicted molar refractivity (Wildman–Crippen MR) is 50.0 cm³/mol. The molecule has 2 rings (SSSR count). The standard InChI is InChI=1S/C8H11N3OS/c1-3-6(12)7-8-11(10-9-7)4-5(2)13-8/h5H,3-4H2,1-2H3. The summed E-state index contributed by atoms with van der Waals surface area (Å²) >= 11 is 1.69. The number of thioether (sulfide) groups is 1. The number of carbonyl (C=O) groups excluding carboxylic acids is 1. The fraction of sp³-hybridized carbons (Fsp3) is 0.625. The number of carbonyl (C=O) groups is 1. The molecule has 0 bridgehead atoms. The molecule has 0 aliphatic carbocycles. The van der Waals surface area contributed by atoms with Crippen LogP contribution in [0.3, 0.4) is 0 Å². The Labute approximate surface area is 80.7 Å². The number of fused-ring (bicyclic) bond motifs is 1. The zero-order chi connectivity index (χ0) is 9.42. The number of hydrogen-bond acceptors (Lipinski definition) is 4. The molecule has 1 aliphatic rings. The fourth-order valence-corrected chi connectivity index (χ4v) is 2.45. The zero-order valence-electron chi connectivity index (χ0n) is 7.65. The van der Waals surface area contributed by atoms with E-state index in [2.05, 4.69) is 17.2 Å². The van der Waals surface area contributed by atoms with Crippen LogP contribution in [0.4, 0.5) is 0 Å². The first-order chi connectivity index (χ1) is 6.22. The molecule has 13 heavy (non-hydrogen) atoms. The van der Waals surface area contributed by atoms with Crippen molar-refractivity contribution in [2.45, 2.75) is 37.1 Å². The molecule has 1 aromatic heterocycles. The molecule has 0 fully saturated rings. The van der Waals surface area contributed by atoms with Gasteiger partial charge in [0.25, 0.3) is 0 Å². The van der Waals surface area contributed by atoms with Gasteiger partial charge < -0.3 is 0 Å². The van der Waals surface area contributed by atoms with Crippen LogP contribution in [0.2, 0.25) is 0 Å². The van der Waals surface area contributed by atoms with Gasteiger partial charge in [-0.25, -0.2) is 4.68 Å². The molecular formula is C8H11N3OS. The lowest BCUT2D eigenvalue weighted by molar-refractivity contribution is 0.0980. The maximum absolute atomic E-state index is 11.4. The highest BCUT2D eigenvalue weighted by Gasteiger charge is 2.26. The molecular weight excluding hydrogens is 186 g/mol. The van der Waals surface area contributed by atoms with Gasteiger partial charge in [0.05, 0.1) is 6.54 Å². The van der Waals surface area contributed by atoms with E-state index in [1.807, 2.05) is 11.6 Å². The number of Topliss-reactive ketones (excluding diaryl/α,β-unsaturated/α-hetero) is 1. The first-order valence-corrected chi connectivity index (χ1v) is 5.23. The first kappa shape index (κ1) is 8.74. The molecule has 4 nitrogen and oxygen atoms in total. The SMILES string of the molecule is CCC(=O)c1nnn2c1SC(C)C2. The summed E-state index contributed by atoms with van der Waals surface area (Å²) in [6.45, 7) is 4.83. The lowest BCUT2D eigenvalue weighted by atomic mass is 10.2. The Morgan fingerprint density at radius 3 is 3.23 bits per heavy atom. The van der Waals surface area contributed by atoms with Gasteiger partial charge in [-0.3, -0.25) is 4.79 Å². The number of hydrogen-bond donors (Lipinski definition) is 0. The van der Waals surface area contributed by atoms with E-state index in [4.69, 9.17) is 0 Å². The smallest absolute Gasteiger partial charge is 0.185 e. The monoisotopic (exact) mass is 197 g/mol. The van der Waals surface area contributed by atoms with Gasteiger partial charge in [0.2, 0.25) is 0 Å². The highest BCUT2D eigenvalue weighted by Crippen LogP contribution is 2.33. The molecule has 0 radical (unpaired) electrons. The molecule has 1 aliphatic heterocycles. The summed E-state index contributed by atoms with van der Waals surface area (Å²) in [6, 6.07) is 0. The molecule has 5 heteroatoms. The van der Waals surface area contributed by atoms with Crippen molar-refractivity contribution in [3.63, 3.8) is 0 Å². The Morgan fingerprint density at radius 1 is 1.77 bits per heavy atom. The van der Waals surface area contributed by atoms with Gasteiger partial charge in [-0.15, -0.1) is 5.10 Å². The lowest BCUT2D eigenvalue weighted by Crippen LogP contribution is -2.02. The molecule has 0 N–H and O–H groups in total. The van der Waals surface area contributed by atoms with Crippen LogP contribution < -0.4 is 0 Å². The van der Waals surface area contributed by atoms with Crippen LogP contribution in [0.1, 0.15) is 30.8 Å². The number of rotatable bonds is 2. The van der Waals surface area contributed by atoms with Gasteiger partial charge in [-0.05, 0) is 0 Å². The van der Waals surface area contributed by atoms with Gasteiger partial charge >= 0.3 is 0 Å². The predicted octanol–water partition coefficient (Wildman–Crippen LogP) is 1.36. The van der Waals surface area contributed by atoms with Crippen molar-refractivity contribution in [2.24, 2.45) is 0 Å². The van der Waals surface area contributed by atoms with Crippen LogP contribution in [-0.4, -0.2) is 26.0 Å². The van der Waals surface area contributed by atoms with Gasteiger partial charge in [-0.1, -0.05) is 30.8 Å². The third-order valence-electron chi connectivity index (χ3n) is 2.02. The van der Waals surface area contributed by atoms with Crippen LogP contribution in [0, 0.1) is 0 Å². The Morgan fingerprint density at radius 2 is 2.54 bits per heavy atom. The van der Waals surface area contributed by atoms with Crippen molar-refractivity contribution >= 4 is 17.5 Å². The van der Waals surface area contributed by atoms with E-state index < -0.39 is 0 Å². The Hall–Kier alpha value is -0.840. The third kappa shape index (κ3) is 1.37. The van der Waals surface area contributed by atoms with Crippen LogP contribution in [0.5, 0.6) is 0 Å². The maximum Gasteiger partial charge on any atom is 0.185 e. The number of ketones is 1. The van der Waals surface area contributed by atoms with Crippen molar-refractivity contribution in [1.29, 1.82) is 0 Å². The van der Waals surface area contributed by atoms with Crippen molar-refractivity contribution in [1.82, 2.24) is 15.0 Å². The summed E-state index contributed by atoms with van der Waals surface area (Å²) in [5, 5.41) is 9.28. The molecule has 0 amide bonds. The molecule has 70 valence electrons. The van der Waals surface area contributed by atoms with Crippen LogP contribution >= 0.6 is 11.8 Å². The fourth-order valence-electron chi connectivity index (χ4n) is 1.35. The molecule has 1 atom stereocenters. The maximum atomic E-state index is 11.4. The molecule has 1 aromatic rings. The number of aromatic nitrogens is 3. The molecule has 2 heterocycles. The van der Waals surface area contributed by atoms with E-state index in [1.54, 1.807) is 11.8 Å². The summed E-state index contributed by atoms with van der Waals surface area (Å²) in [6.07, 6.45) is 0.501. The molecule has 0 aromatic carbocycles. The summed E-state index contributed by atoms with van der Waals surface area (Å²) < 4.78 is 1.82. The Balaban J connectivity index is 2.35. The molecule has 0 saturated heterocycles. The van der Waals surface area contributed by atoms with E-state index in [0.717, 1.165) is 11.6 Å². The van der Waals surface area contributed by atoms with Crippen molar-refractivity contribution in [3.8, 4) is 0 Å². The highest BCUT2D eigenvalue weighted by atomic mass is 32.2. The van der Waals surface area contributed by atoms with Gasteiger partial charge in [0.15, 0.2) is 11.5 Å². The molecule has 0 saturated carbocycles. The summed E-state index contributed by atoms with van der Waals surface area (Å²) in [5.41, 5.74) is 0.553. The average Bonchev–Trinajstić information content (AvgIpc) is 2.61. The zero-order valence-corrected chi connectivity index (χ0v) is 8.47. The summed E-state index contributed by atoms with van der Waals surface area (Å²) in [4.78, 5) is 11.4. The van der Waals surface area contributed by atoms with Crippen LogP contribution in [-0.2, 0) is 6.54 Å². The minimum atomic E-state index is 0.0860. The first-order valence-electron chi connectivity index (χ1n) is 4.35. The normalized spacial score (nSPS) is 20.3. The summed E-state index contributed by atoms with van der Waals surface area (Å²) in [7, 11) is 0. The van der Waals surface area contributed by atoms with E-state index in [9.17, 15) is 4.79 Å². The third-order valence-corrected chi connectivity index (χ3v) is 3.20. The summed E-state index contributed by atoms with van der Waals surface area (Å²) in [5.74, 6) is 0.0860. The van der Waals surface area contributed by atoms with E-state index in [1.165, 1.54) is 0 Å². The van der Waals surface area contributed by atoms with E-state index in [0.29, 0.717) is 17.4 Å². The quantitative estimate of drug-likeness (QED) is 0.672. The largest absolute Gasteiger partial charge is 0.292 e. The minimum Gasteiger partial charge on any atom is -0.292 e. The second-order valence-electron chi connectivity index (χ2n) is 3.13. The molecule has 1 unspecified atom stereocenters. The minimum absolute atomic E-state index is 0.0860. The Kier molecular flexibility index (Phi) is 2.11. The van der Waals surface area contributed by atoms with Crippen LogP contribution in [0.25, 0.3) is 0 Å². The van der Waals surface area contributed by atoms with Crippen molar-refractivity contribution < 1.29 is 4.79 Å². The average molecular weight is 197 g/mol. The van der Waals surface area contributed by atoms with E-state index >= 15 is 0 Å². The van der Waals surface area contributed by atoms with Crippen molar-refractivity contribution in [3.05, 3.63) is 5.69 Å². The van der Waals surface area contributed by atoms with Crippen molar-refractivity contribution in [2.75, 3.05) is 0 Å². The second kappa shape index (κ2) is 3.14. The lowest BCUT2D eigenvalue weighted by Gasteiger charge is -1.95. The van der Waals surface area contributed by atoms with Gasteiger partial charge in [0.1, 0.15) is 5.03 Å². The van der Waals surface area contributed by atoms with Gasteiger partial charge in [0, 0.05) is 11.7 Å². The second-order valence-corrected chi connectivity index (χ2v) is 4.56. The number of nitrogens with zero attached hydrogens (tertiary/aromatic N) is 3. The molecule has 0 spiro atoms. The van der Waals surface area contributed by atoms with Crippen LogP contribution in [0.15, 0.2) is 5.03 Å². The topological polar surface area (TPSA) is 47.8 Å². The Bertz CT molecular complexity index is 347. The van der Waals surface area contributed by atoms with Gasteiger partial charge in [-0.2, -0.15) is 0 Å².